The number of aryl methyl sites for hydroxylation is 1. The summed E-state index contributed by atoms with van der Waals surface area (Å²) in [5.41, 5.74) is 2.01. The Balaban J connectivity index is 1.90. The zero-order valence-corrected chi connectivity index (χ0v) is 18.8. The van der Waals surface area contributed by atoms with Crippen molar-refractivity contribution in [2.45, 2.75) is 26.8 Å². The van der Waals surface area contributed by atoms with Crippen LogP contribution in [0, 0.1) is 19.7 Å². The van der Waals surface area contributed by atoms with Crippen LogP contribution in [-0.4, -0.2) is 16.1 Å². The second-order valence-electron chi connectivity index (χ2n) is 7.80. The number of rotatable bonds is 5. The van der Waals surface area contributed by atoms with Crippen LogP contribution in [0.2, 0.25) is 5.15 Å². The van der Waals surface area contributed by atoms with E-state index in [-0.39, 0.29) is 33.3 Å². The van der Waals surface area contributed by atoms with E-state index in [9.17, 15) is 19.1 Å². The maximum Gasteiger partial charge on any atom is 0.356 e. The summed E-state index contributed by atoms with van der Waals surface area (Å²) in [6.45, 7) is 5.26. The number of nitrogens with zero attached hydrogens (tertiary/aromatic N) is 1. The minimum atomic E-state index is -1.23. The number of fused-ring (bicyclic) bond motifs is 1. The van der Waals surface area contributed by atoms with Gasteiger partial charge in [0.15, 0.2) is 11.1 Å². The topological polar surface area (TPSA) is 92.4 Å². The highest BCUT2D eigenvalue weighted by molar-refractivity contribution is 6.29. The number of pyridine rings is 1. The maximum atomic E-state index is 14.5. The summed E-state index contributed by atoms with van der Waals surface area (Å²) in [6, 6.07) is 12.2. The number of hydrogen-bond acceptors (Lipinski definition) is 5. The van der Waals surface area contributed by atoms with Gasteiger partial charge in [-0.05, 0) is 56.7 Å². The molecule has 6 nitrogen and oxygen atoms in total. The largest absolute Gasteiger partial charge is 0.476 e. The molecule has 0 aliphatic rings. The van der Waals surface area contributed by atoms with Crippen LogP contribution in [0.25, 0.3) is 22.3 Å². The first kappa shape index (κ1) is 22.5. The summed E-state index contributed by atoms with van der Waals surface area (Å²) >= 11 is 5.85. The van der Waals surface area contributed by atoms with Crippen LogP contribution in [0.3, 0.4) is 0 Å². The number of hydrogen-bond donors (Lipinski definition) is 2. The van der Waals surface area contributed by atoms with Gasteiger partial charge in [-0.2, -0.15) is 0 Å². The highest BCUT2D eigenvalue weighted by atomic mass is 35.5. The van der Waals surface area contributed by atoms with Crippen LogP contribution in [-0.2, 0) is 0 Å². The van der Waals surface area contributed by atoms with Crippen LogP contribution < -0.4 is 10.7 Å². The van der Waals surface area contributed by atoms with Crippen LogP contribution in [0.5, 0.6) is 0 Å². The molecule has 2 aromatic heterocycles. The number of halogens is 2. The first-order valence-corrected chi connectivity index (χ1v) is 10.5. The van der Waals surface area contributed by atoms with Crippen molar-refractivity contribution >= 4 is 34.2 Å². The molecule has 1 atom stereocenters. The van der Waals surface area contributed by atoms with E-state index >= 15 is 0 Å². The van der Waals surface area contributed by atoms with Gasteiger partial charge in [0.1, 0.15) is 22.3 Å². The second-order valence-corrected chi connectivity index (χ2v) is 8.18. The summed E-state index contributed by atoms with van der Waals surface area (Å²) in [6.07, 6.45) is 0. The lowest BCUT2D eigenvalue weighted by atomic mass is 9.98. The molecular formula is C25H20ClFN2O4. The average Bonchev–Trinajstić information content (AvgIpc) is 2.77. The van der Waals surface area contributed by atoms with E-state index < -0.39 is 17.8 Å². The van der Waals surface area contributed by atoms with Gasteiger partial charge in [-0.3, -0.25) is 4.79 Å². The minimum Gasteiger partial charge on any atom is -0.476 e. The number of carbonyl (C=O) groups is 1. The monoisotopic (exact) mass is 466 g/mol. The van der Waals surface area contributed by atoms with Crippen molar-refractivity contribution in [1.82, 2.24) is 4.98 Å². The Morgan fingerprint density at radius 1 is 1.18 bits per heavy atom. The van der Waals surface area contributed by atoms with E-state index in [2.05, 4.69) is 10.3 Å². The molecule has 4 aromatic rings. The second kappa shape index (κ2) is 8.67. The lowest BCUT2D eigenvalue weighted by Crippen LogP contribution is -2.14. The Hall–Kier alpha value is -3.71. The first-order chi connectivity index (χ1) is 15.7. The molecule has 168 valence electrons. The molecule has 1 unspecified atom stereocenters. The Labute approximate surface area is 193 Å². The van der Waals surface area contributed by atoms with Crippen molar-refractivity contribution in [3.63, 3.8) is 0 Å². The third-order valence-electron chi connectivity index (χ3n) is 5.41. The third-order valence-corrected chi connectivity index (χ3v) is 5.62. The molecule has 33 heavy (non-hydrogen) atoms. The van der Waals surface area contributed by atoms with E-state index in [1.165, 1.54) is 18.2 Å². The molecule has 0 saturated carbocycles. The molecular weight excluding hydrogens is 447 g/mol. The van der Waals surface area contributed by atoms with E-state index in [0.29, 0.717) is 22.1 Å². The Bertz CT molecular complexity index is 1470. The van der Waals surface area contributed by atoms with Gasteiger partial charge in [0.05, 0.1) is 22.7 Å². The van der Waals surface area contributed by atoms with Gasteiger partial charge in [-0.15, -0.1) is 0 Å². The Morgan fingerprint density at radius 3 is 2.61 bits per heavy atom. The molecule has 0 aliphatic heterocycles. The van der Waals surface area contributed by atoms with E-state index in [1.54, 1.807) is 38.1 Å². The molecule has 2 N–H and O–H groups in total. The molecule has 0 fully saturated rings. The summed E-state index contributed by atoms with van der Waals surface area (Å²) in [5.74, 6) is -1.58. The van der Waals surface area contributed by atoms with E-state index in [0.717, 1.165) is 5.56 Å². The van der Waals surface area contributed by atoms with Crippen molar-refractivity contribution in [3.05, 3.63) is 92.1 Å². The molecule has 2 heterocycles. The molecule has 2 aromatic carbocycles. The number of benzene rings is 2. The minimum absolute atomic E-state index is 0.0580. The molecule has 0 aliphatic carbocycles. The van der Waals surface area contributed by atoms with Gasteiger partial charge in [0.25, 0.3) is 0 Å². The lowest BCUT2D eigenvalue weighted by Gasteiger charge is -2.19. The van der Waals surface area contributed by atoms with Gasteiger partial charge >= 0.3 is 5.97 Å². The van der Waals surface area contributed by atoms with Crippen LogP contribution in [0.15, 0.2) is 57.7 Å². The SMILES string of the molecule is Cc1cc(C(C)Nc2ccc(Cl)nc2C(=O)O)c2oc(-c3ccccc3F)c(C)c(=O)c2c1. The van der Waals surface area contributed by atoms with Gasteiger partial charge in [-0.1, -0.05) is 29.8 Å². The molecule has 4 rings (SSSR count). The smallest absolute Gasteiger partial charge is 0.356 e. The Kier molecular flexibility index (Phi) is 5.91. The fraction of sp³-hybridized carbons (Fsp3) is 0.160. The standard InChI is InChI=1S/C25H20ClFN2O4/c1-12-10-16(14(3)28-19-8-9-20(26)29-21(19)25(31)32)24-17(11-12)22(30)13(2)23(33-24)15-6-4-5-7-18(15)27/h4-11,14,28H,1-3H3,(H,31,32). The van der Waals surface area contributed by atoms with Gasteiger partial charge in [0, 0.05) is 11.1 Å². The molecule has 0 bridgehead atoms. The van der Waals surface area contributed by atoms with Gasteiger partial charge in [-0.25, -0.2) is 14.2 Å². The quantitative estimate of drug-likeness (QED) is 0.343. The lowest BCUT2D eigenvalue weighted by molar-refractivity contribution is 0.0691. The average molecular weight is 467 g/mol. The highest BCUT2D eigenvalue weighted by Crippen LogP contribution is 2.33. The molecule has 0 saturated heterocycles. The van der Waals surface area contributed by atoms with Crippen LogP contribution in [0.4, 0.5) is 10.1 Å². The number of carboxylic acid groups (broad SMARTS) is 1. The fourth-order valence-electron chi connectivity index (χ4n) is 3.82. The highest BCUT2D eigenvalue weighted by Gasteiger charge is 2.22. The molecule has 0 amide bonds. The van der Waals surface area contributed by atoms with E-state index in [1.807, 2.05) is 13.0 Å². The number of anilines is 1. The van der Waals surface area contributed by atoms with Crippen molar-refractivity contribution in [2.75, 3.05) is 5.32 Å². The number of aromatic carboxylic acids is 1. The fourth-order valence-corrected chi connectivity index (χ4v) is 3.96. The van der Waals surface area contributed by atoms with Crippen LogP contribution in [0.1, 0.15) is 40.1 Å². The predicted octanol–water partition coefficient (Wildman–Crippen LogP) is 6.14. The first-order valence-electron chi connectivity index (χ1n) is 10.2. The summed E-state index contributed by atoms with van der Waals surface area (Å²) in [4.78, 5) is 28.7. The van der Waals surface area contributed by atoms with Gasteiger partial charge in [0.2, 0.25) is 0 Å². The van der Waals surface area contributed by atoms with Crippen molar-refractivity contribution < 1.29 is 18.7 Å². The predicted molar refractivity (Wildman–Crippen MR) is 126 cm³/mol. The zero-order valence-electron chi connectivity index (χ0n) is 18.1. The van der Waals surface area contributed by atoms with Crippen molar-refractivity contribution in [1.29, 1.82) is 0 Å². The summed E-state index contributed by atoms with van der Waals surface area (Å²) < 4.78 is 20.7. The summed E-state index contributed by atoms with van der Waals surface area (Å²) in [5, 5.41) is 13.0. The number of carboxylic acids is 1. The molecule has 0 spiro atoms. The maximum absolute atomic E-state index is 14.5. The van der Waals surface area contributed by atoms with Gasteiger partial charge < -0.3 is 14.8 Å². The normalized spacial score (nSPS) is 12.0. The van der Waals surface area contributed by atoms with Crippen molar-refractivity contribution in [3.8, 4) is 11.3 Å². The number of nitrogens with one attached hydrogen (secondary N) is 1. The van der Waals surface area contributed by atoms with Crippen LogP contribution >= 0.6 is 11.6 Å². The number of aromatic nitrogens is 1. The molecule has 8 heteroatoms. The Morgan fingerprint density at radius 2 is 1.91 bits per heavy atom. The third kappa shape index (κ3) is 4.19. The summed E-state index contributed by atoms with van der Waals surface area (Å²) in [7, 11) is 0. The molecule has 0 radical (unpaired) electrons. The van der Waals surface area contributed by atoms with E-state index in [4.69, 9.17) is 16.0 Å². The zero-order chi connectivity index (χ0) is 23.9. The van der Waals surface area contributed by atoms with Crippen molar-refractivity contribution in [2.24, 2.45) is 0 Å².